The molecule has 0 amide bonds. The number of carbonyl (C=O) groups is 1. The average molecular weight is 600 g/mol. The number of pyridine rings is 1. The van der Waals surface area contributed by atoms with E-state index in [9.17, 15) is 4.79 Å². The van der Waals surface area contributed by atoms with E-state index in [4.69, 9.17) is 38.0 Å². The number of likely N-dealkylation sites (tertiary alicyclic amines) is 1. The number of carboxylic acid groups (broad SMARTS) is 1. The minimum absolute atomic E-state index is 0.154. The zero-order valence-electron chi connectivity index (χ0n) is 23.3. The van der Waals surface area contributed by atoms with Gasteiger partial charge in [0.2, 0.25) is 11.8 Å². The second-order valence-corrected chi connectivity index (χ2v) is 11.8. The van der Waals surface area contributed by atoms with E-state index in [1.165, 1.54) is 19.3 Å². The van der Waals surface area contributed by atoms with Crippen LogP contribution in [-0.4, -0.2) is 81.6 Å². The van der Waals surface area contributed by atoms with E-state index in [1.807, 2.05) is 18.2 Å². The van der Waals surface area contributed by atoms with Crippen LogP contribution in [-0.2, 0) is 11.3 Å². The quantitative estimate of drug-likeness (QED) is 0.325. The van der Waals surface area contributed by atoms with E-state index < -0.39 is 5.97 Å². The SMILES string of the molecule is CC1CCCN(Cc2cc(Oc3cnc(N4CCN(CCC(=O)O)CC4)nc3)nc(-c3cc(Cl)cc(Cl)c3)c2)CC1. The fraction of sp³-hybridized carbons (Fsp3) is 0.467. The Morgan fingerprint density at radius 3 is 2.39 bits per heavy atom. The minimum Gasteiger partial charge on any atom is -0.481 e. The number of hydrogen-bond acceptors (Lipinski definition) is 8. The third-order valence-corrected chi connectivity index (χ3v) is 8.11. The molecule has 4 heterocycles. The standard InChI is InChI=1S/C30H36Cl2N6O3/c1-21-3-2-6-37(7-4-21)20-22-13-27(23-15-24(31)17-25(32)16-23)35-28(14-22)41-26-18-33-30(34-19-26)38-11-9-36(10-12-38)8-5-29(39)40/h13-19,21H,2-12,20H2,1H3,(H,39,40). The summed E-state index contributed by atoms with van der Waals surface area (Å²) in [5, 5.41) is 10.0. The molecule has 1 N–H and O–H groups in total. The zero-order chi connectivity index (χ0) is 28.8. The molecule has 1 unspecified atom stereocenters. The lowest BCUT2D eigenvalue weighted by molar-refractivity contribution is -0.137. The Balaban J connectivity index is 1.31. The monoisotopic (exact) mass is 598 g/mol. The first-order chi connectivity index (χ1) is 19.8. The molecular weight excluding hydrogens is 563 g/mol. The van der Waals surface area contributed by atoms with E-state index in [0.29, 0.717) is 34.2 Å². The number of carboxylic acids is 1. The molecule has 3 aromatic rings. The maximum atomic E-state index is 10.9. The molecule has 2 aromatic heterocycles. The molecule has 5 rings (SSSR count). The first-order valence-electron chi connectivity index (χ1n) is 14.2. The van der Waals surface area contributed by atoms with Crippen LogP contribution in [0.15, 0.2) is 42.7 Å². The van der Waals surface area contributed by atoms with Gasteiger partial charge < -0.3 is 14.7 Å². The van der Waals surface area contributed by atoms with Gasteiger partial charge in [-0.15, -0.1) is 0 Å². The Hall–Kier alpha value is -2.98. The number of rotatable bonds is 9. The summed E-state index contributed by atoms with van der Waals surface area (Å²) in [4.78, 5) is 31.5. The molecule has 11 heteroatoms. The first kappa shape index (κ1) is 29.5. The molecule has 218 valence electrons. The summed E-state index contributed by atoms with van der Waals surface area (Å²) < 4.78 is 6.18. The lowest BCUT2D eigenvalue weighted by atomic mass is 10.0. The predicted octanol–water partition coefficient (Wildman–Crippen LogP) is 5.86. The highest BCUT2D eigenvalue weighted by atomic mass is 35.5. The van der Waals surface area contributed by atoms with Crippen molar-refractivity contribution in [1.82, 2.24) is 24.8 Å². The highest BCUT2D eigenvalue weighted by molar-refractivity contribution is 6.35. The van der Waals surface area contributed by atoms with Crippen LogP contribution in [0.4, 0.5) is 5.95 Å². The fourth-order valence-electron chi connectivity index (χ4n) is 5.36. The van der Waals surface area contributed by atoms with E-state index in [1.54, 1.807) is 18.5 Å². The van der Waals surface area contributed by atoms with Gasteiger partial charge in [0.25, 0.3) is 0 Å². The maximum absolute atomic E-state index is 10.9. The van der Waals surface area contributed by atoms with Gasteiger partial charge in [-0.05, 0) is 68.1 Å². The van der Waals surface area contributed by atoms with Gasteiger partial charge in [0.1, 0.15) is 0 Å². The van der Waals surface area contributed by atoms with Gasteiger partial charge in [0.15, 0.2) is 5.75 Å². The summed E-state index contributed by atoms with van der Waals surface area (Å²) in [6.07, 6.45) is 7.16. The molecule has 9 nitrogen and oxygen atoms in total. The van der Waals surface area contributed by atoms with Crippen LogP contribution in [0.25, 0.3) is 11.3 Å². The van der Waals surface area contributed by atoms with Crippen molar-refractivity contribution in [3.05, 3.63) is 58.3 Å². The third kappa shape index (κ3) is 8.52. The molecular formula is C30H36Cl2N6O3. The summed E-state index contributed by atoms with van der Waals surface area (Å²) in [5.41, 5.74) is 2.67. The normalized spacial score (nSPS) is 18.7. The van der Waals surface area contributed by atoms with Gasteiger partial charge in [-0.25, -0.2) is 15.0 Å². The second-order valence-electron chi connectivity index (χ2n) is 11.0. The molecule has 2 aliphatic rings. The Morgan fingerprint density at radius 1 is 0.951 bits per heavy atom. The summed E-state index contributed by atoms with van der Waals surface area (Å²) in [6, 6.07) is 9.49. The number of piperazine rings is 1. The molecule has 2 fully saturated rings. The molecule has 0 radical (unpaired) electrons. The predicted molar refractivity (Wildman–Crippen MR) is 161 cm³/mol. The van der Waals surface area contributed by atoms with Crippen LogP contribution in [0.1, 0.15) is 38.2 Å². The minimum atomic E-state index is -0.772. The van der Waals surface area contributed by atoms with E-state index in [-0.39, 0.29) is 6.42 Å². The Labute approximate surface area is 251 Å². The molecule has 1 atom stereocenters. The Bertz CT molecular complexity index is 1310. The number of hydrogen-bond donors (Lipinski definition) is 1. The van der Waals surface area contributed by atoms with Gasteiger partial charge in [-0.1, -0.05) is 30.1 Å². The lowest BCUT2D eigenvalue weighted by Crippen LogP contribution is -2.47. The van der Waals surface area contributed by atoms with Crippen molar-refractivity contribution in [2.75, 3.05) is 50.7 Å². The number of anilines is 1. The zero-order valence-corrected chi connectivity index (χ0v) is 24.8. The first-order valence-corrected chi connectivity index (χ1v) is 14.9. The smallest absolute Gasteiger partial charge is 0.304 e. The van der Waals surface area contributed by atoms with Crippen LogP contribution in [0.5, 0.6) is 11.6 Å². The van der Waals surface area contributed by atoms with Crippen LogP contribution in [0, 0.1) is 5.92 Å². The summed E-state index contributed by atoms with van der Waals surface area (Å²) in [7, 11) is 0. The molecule has 2 aliphatic heterocycles. The molecule has 2 saturated heterocycles. The topological polar surface area (TPSA) is 94.9 Å². The number of aliphatic carboxylic acids is 1. The van der Waals surface area contributed by atoms with Crippen molar-refractivity contribution in [3.8, 4) is 22.9 Å². The molecule has 0 saturated carbocycles. The molecule has 0 aliphatic carbocycles. The maximum Gasteiger partial charge on any atom is 0.304 e. The Kier molecular flexibility index (Phi) is 9.92. The van der Waals surface area contributed by atoms with Crippen LogP contribution >= 0.6 is 23.2 Å². The fourth-order valence-corrected chi connectivity index (χ4v) is 5.89. The van der Waals surface area contributed by atoms with Crippen LogP contribution in [0.3, 0.4) is 0 Å². The van der Waals surface area contributed by atoms with Crippen molar-refractivity contribution in [1.29, 1.82) is 0 Å². The van der Waals surface area contributed by atoms with Crippen LogP contribution < -0.4 is 9.64 Å². The Morgan fingerprint density at radius 2 is 1.68 bits per heavy atom. The van der Waals surface area contributed by atoms with Crippen molar-refractivity contribution in [2.24, 2.45) is 5.92 Å². The van der Waals surface area contributed by atoms with Gasteiger partial charge >= 0.3 is 5.97 Å². The number of benzene rings is 1. The molecule has 0 spiro atoms. The van der Waals surface area contributed by atoms with E-state index in [0.717, 1.165) is 68.6 Å². The largest absolute Gasteiger partial charge is 0.481 e. The van der Waals surface area contributed by atoms with E-state index in [2.05, 4.69) is 37.7 Å². The van der Waals surface area contributed by atoms with Crippen LogP contribution in [0.2, 0.25) is 10.0 Å². The average Bonchev–Trinajstić information content (AvgIpc) is 3.15. The molecule has 0 bridgehead atoms. The highest BCUT2D eigenvalue weighted by Crippen LogP contribution is 2.31. The number of nitrogens with zero attached hydrogens (tertiary/aromatic N) is 6. The van der Waals surface area contributed by atoms with Gasteiger partial charge in [0.05, 0.1) is 24.5 Å². The van der Waals surface area contributed by atoms with Crippen molar-refractivity contribution in [2.45, 2.75) is 39.2 Å². The highest BCUT2D eigenvalue weighted by Gasteiger charge is 2.20. The van der Waals surface area contributed by atoms with E-state index >= 15 is 0 Å². The summed E-state index contributed by atoms with van der Waals surface area (Å²) in [6.45, 7) is 8.87. The number of halogens is 2. The van der Waals surface area contributed by atoms with Gasteiger partial charge in [-0.2, -0.15) is 0 Å². The molecule has 41 heavy (non-hydrogen) atoms. The van der Waals surface area contributed by atoms with Crippen molar-refractivity contribution >= 4 is 35.1 Å². The number of ether oxygens (including phenoxy) is 1. The van der Waals surface area contributed by atoms with Crippen molar-refractivity contribution < 1.29 is 14.6 Å². The number of aromatic nitrogens is 3. The third-order valence-electron chi connectivity index (χ3n) is 7.67. The summed E-state index contributed by atoms with van der Waals surface area (Å²) >= 11 is 12.6. The van der Waals surface area contributed by atoms with Gasteiger partial charge in [-0.3, -0.25) is 14.6 Å². The van der Waals surface area contributed by atoms with Crippen molar-refractivity contribution in [3.63, 3.8) is 0 Å². The summed E-state index contributed by atoms with van der Waals surface area (Å²) in [5.74, 6) is 1.56. The molecule has 1 aromatic carbocycles. The lowest BCUT2D eigenvalue weighted by Gasteiger charge is -2.34. The van der Waals surface area contributed by atoms with Gasteiger partial charge in [0, 0.05) is 60.9 Å². The second kappa shape index (κ2) is 13.8.